The van der Waals surface area contributed by atoms with Gasteiger partial charge in [0.15, 0.2) is 6.61 Å². The summed E-state index contributed by atoms with van der Waals surface area (Å²) in [7, 11) is 1.57. The first-order valence-electron chi connectivity index (χ1n) is 12.1. The molecule has 1 amide bonds. The molecule has 3 aromatic carbocycles. The van der Waals surface area contributed by atoms with Gasteiger partial charge in [-0.1, -0.05) is 36.4 Å². The molecule has 0 aliphatic carbocycles. The molecule has 3 rings (SSSR count). The number of carbonyl (C=O) groups is 1. The summed E-state index contributed by atoms with van der Waals surface area (Å²) in [6.45, 7) is 1.96. The number of para-hydroxylation sites is 2. The molecule has 0 fully saturated rings. The van der Waals surface area contributed by atoms with Crippen LogP contribution in [-0.2, 0) is 9.53 Å². The molecule has 0 unspecified atom stereocenters. The minimum atomic E-state index is -0.927. The van der Waals surface area contributed by atoms with Gasteiger partial charge in [0.2, 0.25) is 0 Å². The summed E-state index contributed by atoms with van der Waals surface area (Å²) in [6.07, 6.45) is -1.82. The predicted molar refractivity (Wildman–Crippen MR) is 139 cm³/mol. The SMILES string of the molecule is COCCNC(=O)COc1ccc(OCCNC[C@H](O)C(Oc2ccccc2)Oc2ccccc2)cc1. The highest BCUT2D eigenvalue weighted by molar-refractivity contribution is 5.77. The number of aliphatic hydroxyl groups excluding tert-OH is 1. The van der Waals surface area contributed by atoms with Crippen LogP contribution in [0.25, 0.3) is 0 Å². The van der Waals surface area contributed by atoms with Crippen molar-refractivity contribution in [3.05, 3.63) is 84.9 Å². The Morgan fingerprint density at radius 1 is 0.757 bits per heavy atom. The fraction of sp³-hybridized carbons (Fsp3) is 0.321. The van der Waals surface area contributed by atoms with E-state index in [0.29, 0.717) is 49.3 Å². The summed E-state index contributed by atoms with van der Waals surface area (Å²) < 4.78 is 27.9. The molecule has 3 aromatic rings. The van der Waals surface area contributed by atoms with E-state index in [1.54, 1.807) is 31.4 Å². The van der Waals surface area contributed by atoms with Crippen LogP contribution in [0.4, 0.5) is 0 Å². The summed E-state index contributed by atoms with van der Waals surface area (Å²) in [6, 6.07) is 25.5. The number of hydrogen-bond acceptors (Lipinski definition) is 8. The maximum atomic E-state index is 11.7. The van der Waals surface area contributed by atoms with Crippen LogP contribution in [0, 0.1) is 0 Å². The van der Waals surface area contributed by atoms with Gasteiger partial charge in [-0.15, -0.1) is 0 Å². The van der Waals surface area contributed by atoms with E-state index in [1.165, 1.54) is 0 Å². The summed E-state index contributed by atoms with van der Waals surface area (Å²) in [5.74, 6) is 2.22. The first kappa shape index (κ1) is 27.8. The highest BCUT2D eigenvalue weighted by Gasteiger charge is 2.23. The molecule has 0 aliphatic heterocycles. The number of aliphatic hydroxyl groups is 1. The Labute approximate surface area is 217 Å². The van der Waals surface area contributed by atoms with Gasteiger partial charge in [0.05, 0.1) is 6.61 Å². The molecule has 37 heavy (non-hydrogen) atoms. The zero-order valence-corrected chi connectivity index (χ0v) is 20.9. The smallest absolute Gasteiger partial charge is 0.267 e. The Morgan fingerprint density at radius 3 is 1.89 bits per heavy atom. The fourth-order valence-electron chi connectivity index (χ4n) is 3.16. The highest BCUT2D eigenvalue weighted by Crippen LogP contribution is 2.18. The molecule has 0 bridgehead atoms. The van der Waals surface area contributed by atoms with Gasteiger partial charge in [0.25, 0.3) is 12.2 Å². The number of carbonyl (C=O) groups excluding carboxylic acids is 1. The number of nitrogens with one attached hydrogen (secondary N) is 2. The zero-order valence-electron chi connectivity index (χ0n) is 20.9. The first-order valence-corrected chi connectivity index (χ1v) is 12.1. The van der Waals surface area contributed by atoms with Crippen molar-refractivity contribution in [1.82, 2.24) is 10.6 Å². The standard InChI is InChI=1S/C28H34N2O7/c1-33-18-17-30-27(32)21-35-23-14-12-22(13-15-23)34-19-16-29-20-26(31)28(36-24-8-4-2-5-9-24)37-25-10-6-3-7-11-25/h2-15,26,28-29,31H,16-21H2,1H3,(H,30,32)/t26-/m0/s1. The Morgan fingerprint density at radius 2 is 1.32 bits per heavy atom. The van der Waals surface area contributed by atoms with Gasteiger partial charge in [-0.05, 0) is 48.5 Å². The fourth-order valence-corrected chi connectivity index (χ4v) is 3.16. The quantitative estimate of drug-likeness (QED) is 0.188. The van der Waals surface area contributed by atoms with Crippen LogP contribution < -0.4 is 29.6 Å². The van der Waals surface area contributed by atoms with Crippen LogP contribution >= 0.6 is 0 Å². The minimum absolute atomic E-state index is 0.0703. The number of methoxy groups -OCH3 is 1. The molecule has 0 saturated carbocycles. The second-order valence-electron chi connectivity index (χ2n) is 7.95. The van der Waals surface area contributed by atoms with E-state index in [9.17, 15) is 9.90 Å². The van der Waals surface area contributed by atoms with Crippen molar-refractivity contribution in [2.24, 2.45) is 0 Å². The lowest BCUT2D eigenvalue weighted by Crippen LogP contribution is -2.44. The van der Waals surface area contributed by atoms with Crippen molar-refractivity contribution < 1.29 is 33.6 Å². The van der Waals surface area contributed by atoms with Crippen molar-refractivity contribution in [2.75, 3.05) is 46.6 Å². The van der Waals surface area contributed by atoms with Crippen molar-refractivity contribution in [3.8, 4) is 23.0 Å². The zero-order chi connectivity index (χ0) is 26.1. The molecule has 198 valence electrons. The molecular weight excluding hydrogens is 476 g/mol. The number of hydrogen-bond donors (Lipinski definition) is 3. The molecule has 1 atom stereocenters. The molecule has 0 heterocycles. The van der Waals surface area contributed by atoms with Crippen LogP contribution in [-0.4, -0.2) is 70.0 Å². The average molecular weight is 511 g/mol. The van der Waals surface area contributed by atoms with Crippen molar-refractivity contribution in [2.45, 2.75) is 12.4 Å². The topological polar surface area (TPSA) is 108 Å². The Balaban J connectivity index is 1.37. The molecular formula is C28H34N2O7. The van der Waals surface area contributed by atoms with E-state index < -0.39 is 12.4 Å². The Kier molecular flexibility index (Phi) is 12.1. The number of benzene rings is 3. The van der Waals surface area contributed by atoms with Gasteiger partial charge < -0.3 is 39.4 Å². The summed E-state index contributed by atoms with van der Waals surface area (Å²) in [5, 5.41) is 16.6. The van der Waals surface area contributed by atoms with Gasteiger partial charge in [-0.2, -0.15) is 0 Å². The van der Waals surface area contributed by atoms with E-state index in [0.717, 1.165) is 0 Å². The van der Waals surface area contributed by atoms with E-state index in [4.69, 9.17) is 23.7 Å². The van der Waals surface area contributed by atoms with Crippen molar-refractivity contribution in [1.29, 1.82) is 0 Å². The lowest BCUT2D eigenvalue weighted by atomic mass is 10.3. The predicted octanol–water partition coefficient (Wildman–Crippen LogP) is 2.64. The third-order valence-corrected chi connectivity index (χ3v) is 5.03. The van der Waals surface area contributed by atoms with Gasteiger partial charge in [0, 0.05) is 26.7 Å². The maximum absolute atomic E-state index is 11.7. The van der Waals surface area contributed by atoms with Crippen LogP contribution in [0.15, 0.2) is 84.9 Å². The van der Waals surface area contributed by atoms with E-state index in [2.05, 4.69) is 10.6 Å². The molecule has 9 heteroatoms. The molecule has 0 aromatic heterocycles. The van der Waals surface area contributed by atoms with Gasteiger partial charge in [-0.3, -0.25) is 4.79 Å². The molecule has 0 radical (unpaired) electrons. The molecule has 9 nitrogen and oxygen atoms in total. The van der Waals surface area contributed by atoms with Gasteiger partial charge in [0.1, 0.15) is 35.7 Å². The van der Waals surface area contributed by atoms with Crippen LogP contribution in [0.5, 0.6) is 23.0 Å². The minimum Gasteiger partial charge on any atom is -0.492 e. The number of amides is 1. The Bertz CT molecular complexity index is 978. The normalized spacial score (nSPS) is 11.5. The van der Waals surface area contributed by atoms with Crippen molar-refractivity contribution in [3.63, 3.8) is 0 Å². The molecule has 0 aliphatic rings. The second kappa shape index (κ2) is 16.1. The third-order valence-electron chi connectivity index (χ3n) is 5.03. The number of ether oxygens (including phenoxy) is 5. The molecule has 0 saturated heterocycles. The maximum Gasteiger partial charge on any atom is 0.267 e. The third kappa shape index (κ3) is 10.8. The summed E-state index contributed by atoms with van der Waals surface area (Å²) in [4.78, 5) is 11.7. The monoisotopic (exact) mass is 510 g/mol. The first-order chi connectivity index (χ1) is 18.1. The lowest BCUT2D eigenvalue weighted by molar-refractivity contribution is -0.123. The van der Waals surface area contributed by atoms with Gasteiger partial charge >= 0.3 is 0 Å². The van der Waals surface area contributed by atoms with E-state index >= 15 is 0 Å². The molecule has 0 spiro atoms. The largest absolute Gasteiger partial charge is 0.492 e. The number of rotatable bonds is 17. The van der Waals surface area contributed by atoms with Crippen LogP contribution in [0.1, 0.15) is 0 Å². The summed E-state index contributed by atoms with van der Waals surface area (Å²) in [5.41, 5.74) is 0. The summed E-state index contributed by atoms with van der Waals surface area (Å²) >= 11 is 0. The van der Waals surface area contributed by atoms with Crippen LogP contribution in [0.3, 0.4) is 0 Å². The lowest BCUT2D eigenvalue weighted by Gasteiger charge is -2.25. The van der Waals surface area contributed by atoms with Crippen molar-refractivity contribution >= 4 is 5.91 Å². The average Bonchev–Trinajstić information content (AvgIpc) is 2.93. The second-order valence-corrected chi connectivity index (χ2v) is 7.95. The van der Waals surface area contributed by atoms with E-state index in [-0.39, 0.29) is 19.1 Å². The Hall–Kier alpha value is -3.79. The highest BCUT2D eigenvalue weighted by atomic mass is 16.7. The van der Waals surface area contributed by atoms with E-state index in [1.807, 2.05) is 60.7 Å². The van der Waals surface area contributed by atoms with Crippen LogP contribution in [0.2, 0.25) is 0 Å². The van der Waals surface area contributed by atoms with Gasteiger partial charge in [-0.25, -0.2) is 0 Å². The molecule has 3 N–H and O–H groups in total.